The third-order valence-electron chi connectivity index (χ3n) is 5.03. The van der Waals surface area contributed by atoms with E-state index in [1.807, 2.05) is 24.3 Å². The fourth-order valence-corrected chi connectivity index (χ4v) is 3.94. The average Bonchev–Trinajstić information content (AvgIpc) is 3.40. The van der Waals surface area contributed by atoms with Crippen molar-refractivity contribution >= 4 is 22.5 Å². The lowest BCUT2D eigenvalue weighted by Gasteiger charge is -2.17. The van der Waals surface area contributed by atoms with Crippen molar-refractivity contribution in [2.75, 3.05) is 0 Å². The van der Waals surface area contributed by atoms with Crippen molar-refractivity contribution < 1.29 is 0 Å². The highest BCUT2D eigenvalue weighted by Crippen LogP contribution is 2.42. The molecule has 4 heteroatoms. The predicted octanol–water partition coefficient (Wildman–Crippen LogP) is 5.42. The van der Waals surface area contributed by atoms with Gasteiger partial charge in [-0.15, -0.1) is 0 Å². The van der Waals surface area contributed by atoms with E-state index in [-0.39, 0.29) is 5.69 Å². The van der Waals surface area contributed by atoms with Gasteiger partial charge >= 0.3 is 5.69 Å². The number of halogens is 1. The van der Waals surface area contributed by atoms with Crippen molar-refractivity contribution in [3.63, 3.8) is 0 Å². The molecule has 1 aromatic heterocycles. The smallest absolute Gasteiger partial charge is 0.259 e. The van der Waals surface area contributed by atoms with Crippen molar-refractivity contribution in [3.8, 4) is 5.69 Å². The maximum absolute atomic E-state index is 13.0. The van der Waals surface area contributed by atoms with Crippen LogP contribution in [0.5, 0.6) is 0 Å². The molecule has 0 unspecified atom stereocenters. The summed E-state index contributed by atoms with van der Waals surface area (Å²) in [5.74, 6) is 1.05. The summed E-state index contributed by atoms with van der Waals surface area (Å²) < 4.78 is 1.68. The summed E-state index contributed by atoms with van der Waals surface area (Å²) in [7, 11) is 0. The van der Waals surface area contributed by atoms with E-state index < -0.39 is 0 Å². The zero-order chi connectivity index (χ0) is 18.4. The minimum atomic E-state index is -0.256. The minimum Gasteiger partial charge on any atom is -0.259 e. The van der Waals surface area contributed by atoms with Gasteiger partial charge in [0.15, 0.2) is 0 Å². The number of fused-ring (bicyclic) bond motifs is 1. The second-order valence-electron chi connectivity index (χ2n) is 7.73. The summed E-state index contributed by atoms with van der Waals surface area (Å²) in [6.07, 6.45) is 3.25. The lowest BCUT2D eigenvalue weighted by atomic mass is 9.97. The van der Waals surface area contributed by atoms with Crippen LogP contribution in [0.25, 0.3) is 16.6 Å². The first-order chi connectivity index (χ1) is 12.5. The zero-order valence-electron chi connectivity index (χ0n) is 15.4. The Morgan fingerprint density at radius 2 is 1.96 bits per heavy atom. The molecule has 3 aromatic rings. The van der Waals surface area contributed by atoms with Crippen molar-refractivity contribution in [2.45, 2.75) is 46.0 Å². The topological polar surface area (TPSA) is 34.9 Å². The monoisotopic (exact) mass is 366 g/mol. The van der Waals surface area contributed by atoms with E-state index in [9.17, 15) is 4.79 Å². The van der Waals surface area contributed by atoms with Gasteiger partial charge in [0.25, 0.3) is 0 Å². The number of benzene rings is 2. The average molecular weight is 367 g/mol. The first kappa shape index (κ1) is 17.3. The highest BCUT2D eigenvalue weighted by molar-refractivity contribution is 6.32. The number of aromatic nitrogens is 2. The maximum Gasteiger partial charge on any atom is 0.352 e. The van der Waals surface area contributed by atoms with Crippen molar-refractivity contribution in [2.24, 2.45) is 5.92 Å². The Bertz CT molecular complexity index is 1050. The summed E-state index contributed by atoms with van der Waals surface area (Å²) in [6, 6.07) is 11.9. The molecule has 0 aliphatic heterocycles. The highest BCUT2D eigenvalue weighted by atomic mass is 35.5. The molecule has 1 saturated carbocycles. The number of nitrogens with zero attached hydrogens (tertiary/aromatic N) is 2. The quantitative estimate of drug-likeness (QED) is 0.617. The SMILES string of the molecule is Cc1cc(C2CC2)cc2c1c(CC(C)C)nc(=O)n2-c1ccccc1Cl. The summed E-state index contributed by atoms with van der Waals surface area (Å²) in [5, 5.41) is 1.64. The Morgan fingerprint density at radius 3 is 2.62 bits per heavy atom. The van der Waals surface area contributed by atoms with Gasteiger partial charge in [-0.3, -0.25) is 4.57 Å². The Labute approximate surface area is 158 Å². The zero-order valence-corrected chi connectivity index (χ0v) is 16.2. The number of aryl methyl sites for hydroxylation is 1. The molecule has 0 amide bonds. The van der Waals surface area contributed by atoms with Crippen LogP contribution < -0.4 is 5.69 Å². The molecule has 0 radical (unpaired) electrons. The van der Waals surface area contributed by atoms with E-state index in [4.69, 9.17) is 11.6 Å². The van der Waals surface area contributed by atoms with Crippen LogP contribution in [-0.4, -0.2) is 9.55 Å². The standard InChI is InChI=1S/C22H23ClN2O/c1-13(2)10-18-21-14(3)11-16(15-8-9-15)12-20(21)25(22(26)24-18)19-7-5-4-6-17(19)23/h4-7,11-13,15H,8-10H2,1-3H3. The Hall–Kier alpha value is -2.13. The van der Waals surface area contributed by atoms with Crippen molar-refractivity contribution in [1.29, 1.82) is 0 Å². The van der Waals surface area contributed by atoms with Gasteiger partial charge in [-0.05, 0) is 67.3 Å². The molecule has 1 fully saturated rings. The third kappa shape index (κ3) is 3.05. The van der Waals surface area contributed by atoms with Crippen LogP contribution in [0.15, 0.2) is 41.2 Å². The molecule has 1 aliphatic carbocycles. The van der Waals surface area contributed by atoms with Gasteiger partial charge in [0.1, 0.15) is 0 Å². The third-order valence-corrected chi connectivity index (χ3v) is 5.35. The maximum atomic E-state index is 13.0. The lowest BCUT2D eigenvalue weighted by molar-refractivity contribution is 0.634. The number of hydrogen-bond acceptors (Lipinski definition) is 2. The molecular formula is C22H23ClN2O. The van der Waals surface area contributed by atoms with Gasteiger partial charge in [0.2, 0.25) is 0 Å². The molecule has 2 aromatic carbocycles. The van der Waals surface area contributed by atoms with Gasteiger partial charge in [0, 0.05) is 5.39 Å². The summed E-state index contributed by atoms with van der Waals surface area (Å²) >= 11 is 6.42. The van der Waals surface area contributed by atoms with Crippen LogP contribution in [0.2, 0.25) is 5.02 Å². The molecule has 0 atom stereocenters. The number of rotatable bonds is 4. The summed E-state index contributed by atoms with van der Waals surface area (Å²) in [6.45, 7) is 6.43. The Kier molecular flexibility index (Phi) is 4.36. The summed E-state index contributed by atoms with van der Waals surface area (Å²) in [5.41, 5.74) is 4.76. The molecule has 1 aliphatic rings. The molecular weight excluding hydrogens is 344 g/mol. The van der Waals surface area contributed by atoms with E-state index in [1.165, 1.54) is 24.0 Å². The fraction of sp³-hybridized carbons (Fsp3) is 0.364. The van der Waals surface area contributed by atoms with Crippen molar-refractivity contribution in [1.82, 2.24) is 9.55 Å². The number of hydrogen-bond donors (Lipinski definition) is 0. The van der Waals surface area contributed by atoms with E-state index in [2.05, 4.69) is 37.9 Å². The van der Waals surface area contributed by atoms with Crippen LogP contribution in [0.4, 0.5) is 0 Å². The number of para-hydroxylation sites is 1. The fourth-order valence-electron chi connectivity index (χ4n) is 3.72. The predicted molar refractivity (Wildman–Crippen MR) is 108 cm³/mol. The second kappa shape index (κ2) is 6.55. The second-order valence-corrected chi connectivity index (χ2v) is 8.14. The van der Waals surface area contributed by atoms with E-state index >= 15 is 0 Å². The van der Waals surface area contributed by atoms with Crippen LogP contribution >= 0.6 is 11.6 Å². The van der Waals surface area contributed by atoms with Gasteiger partial charge in [-0.2, -0.15) is 4.98 Å². The molecule has 0 bridgehead atoms. The molecule has 26 heavy (non-hydrogen) atoms. The lowest BCUT2D eigenvalue weighted by Crippen LogP contribution is -2.25. The minimum absolute atomic E-state index is 0.256. The molecule has 134 valence electrons. The molecule has 0 N–H and O–H groups in total. The highest BCUT2D eigenvalue weighted by Gasteiger charge is 2.26. The van der Waals surface area contributed by atoms with Gasteiger partial charge in [-0.1, -0.05) is 43.6 Å². The van der Waals surface area contributed by atoms with Crippen molar-refractivity contribution in [3.05, 3.63) is 68.7 Å². The molecule has 3 nitrogen and oxygen atoms in total. The molecule has 0 spiro atoms. The van der Waals surface area contributed by atoms with Gasteiger partial charge < -0.3 is 0 Å². The normalized spacial score (nSPS) is 14.3. The van der Waals surface area contributed by atoms with Crippen LogP contribution in [0, 0.1) is 12.8 Å². The molecule has 1 heterocycles. The Balaban J connectivity index is 2.09. The van der Waals surface area contributed by atoms with Gasteiger partial charge in [-0.25, -0.2) is 4.79 Å². The summed E-state index contributed by atoms with van der Waals surface area (Å²) in [4.78, 5) is 17.4. The van der Waals surface area contributed by atoms with Crippen LogP contribution in [0.1, 0.15) is 49.4 Å². The van der Waals surface area contributed by atoms with Crippen LogP contribution in [-0.2, 0) is 6.42 Å². The van der Waals surface area contributed by atoms with Crippen LogP contribution in [0.3, 0.4) is 0 Å². The first-order valence-electron chi connectivity index (χ1n) is 9.26. The molecule has 4 rings (SSSR count). The Morgan fingerprint density at radius 1 is 1.23 bits per heavy atom. The van der Waals surface area contributed by atoms with E-state index in [1.54, 1.807) is 4.57 Å². The van der Waals surface area contributed by atoms with Gasteiger partial charge in [0.05, 0.1) is 21.9 Å². The largest absolute Gasteiger partial charge is 0.352 e. The van der Waals surface area contributed by atoms with E-state index in [0.717, 1.165) is 23.0 Å². The first-order valence-corrected chi connectivity index (χ1v) is 9.64. The van der Waals surface area contributed by atoms with E-state index in [0.29, 0.717) is 22.5 Å². The molecule has 0 saturated heterocycles.